The Morgan fingerprint density at radius 3 is 2.59 bits per heavy atom. The van der Waals surface area contributed by atoms with E-state index in [4.69, 9.17) is 4.74 Å². The number of aliphatic hydroxyl groups is 1. The molecule has 2 rings (SSSR count). The summed E-state index contributed by atoms with van der Waals surface area (Å²) in [7, 11) is 1.90. The predicted molar refractivity (Wildman–Crippen MR) is 71.1 cm³/mol. The molecule has 0 amide bonds. The second kappa shape index (κ2) is 5.71. The average molecular weight is 258 g/mol. The highest BCUT2D eigenvalue weighted by molar-refractivity contribution is 5.85. The minimum atomic E-state index is -0.436. The lowest BCUT2D eigenvalue weighted by Crippen LogP contribution is -2.31. The van der Waals surface area contributed by atoms with Crippen LogP contribution in [-0.2, 0) is 0 Å². The summed E-state index contributed by atoms with van der Waals surface area (Å²) in [6.45, 7) is 4.73. The normalized spacial score (nSPS) is 23.1. The fraction of sp³-hybridized carbons (Fsp3) is 0.538. The van der Waals surface area contributed by atoms with Gasteiger partial charge in [-0.15, -0.1) is 12.4 Å². The molecule has 96 valence electrons. The lowest BCUT2D eigenvalue weighted by molar-refractivity contribution is 0.153. The van der Waals surface area contributed by atoms with E-state index in [9.17, 15) is 5.11 Å². The van der Waals surface area contributed by atoms with Gasteiger partial charge in [0.15, 0.2) is 0 Å². The van der Waals surface area contributed by atoms with Crippen molar-refractivity contribution in [2.45, 2.75) is 32.4 Å². The van der Waals surface area contributed by atoms with Crippen LogP contribution in [0.4, 0.5) is 0 Å². The summed E-state index contributed by atoms with van der Waals surface area (Å²) in [6.07, 6.45) is 0.265. The minimum Gasteiger partial charge on any atom is -0.492 e. The van der Waals surface area contributed by atoms with Crippen molar-refractivity contribution in [3.05, 3.63) is 28.8 Å². The number of fused-ring (bicyclic) bond motifs is 1. The second-order valence-corrected chi connectivity index (χ2v) is 4.52. The molecule has 0 fully saturated rings. The SMILES string of the molecule is CN[C@H]1COc2cc(C)c(C)cc2[C@@H](O)C1.Cl. The van der Waals surface area contributed by atoms with Gasteiger partial charge in [0.25, 0.3) is 0 Å². The predicted octanol–water partition coefficient (Wildman–Crippen LogP) is 2.13. The van der Waals surface area contributed by atoms with Gasteiger partial charge in [-0.05, 0) is 50.6 Å². The molecule has 0 radical (unpaired) electrons. The molecule has 1 heterocycles. The number of halogens is 1. The first kappa shape index (κ1) is 14.3. The molecule has 1 aromatic carbocycles. The van der Waals surface area contributed by atoms with E-state index in [1.165, 1.54) is 11.1 Å². The molecule has 0 saturated heterocycles. The van der Waals surface area contributed by atoms with Crippen molar-refractivity contribution in [2.75, 3.05) is 13.7 Å². The van der Waals surface area contributed by atoms with Gasteiger partial charge in [0.2, 0.25) is 0 Å². The highest BCUT2D eigenvalue weighted by Gasteiger charge is 2.23. The zero-order chi connectivity index (χ0) is 11.7. The standard InChI is InChI=1S/C13H19NO2.ClH/c1-8-4-11-12(15)6-10(14-3)7-16-13(11)5-9(8)2;/h4-5,10,12,14-15H,6-7H2,1-3H3;1H/t10-,12+;/m1./s1. The third-order valence-electron chi connectivity index (χ3n) is 3.34. The highest BCUT2D eigenvalue weighted by atomic mass is 35.5. The molecule has 1 aromatic rings. The van der Waals surface area contributed by atoms with Crippen LogP contribution in [0.3, 0.4) is 0 Å². The number of hydrogen-bond acceptors (Lipinski definition) is 3. The maximum atomic E-state index is 10.1. The molecular formula is C13H20ClNO2. The monoisotopic (exact) mass is 257 g/mol. The van der Waals surface area contributed by atoms with Gasteiger partial charge in [-0.1, -0.05) is 0 Å². The molecule has 2 N–H and O–H groups in total. The van der Waals surface area contributed by atoms with Crippen LogP contribution in [0.1, 0.15) is 29.2 Å². The molecular weight excluding hydrogens is 238 g/mol. The third-order valence-corrected chi connectivity index (χ3v) is 3.34. The Hall–Kier alpha value is -0.770. The maximum absolute atomic E-state index is 10.1. The maximum Gasteiger partial charge on any atom is 0.125 e. The average Bonchev–Trinajstić information content (AvgIpc) is 2.41. The van der Waals surface area contributed by atoms with Crippen LogP contribution < -0.4 is 10.1 Å². The fourth-order valence-corrected chi connectivity index (χ4v) is 2.05. The van der Waals surface area contributed by atoms with E-state index in [1.54, 1.807) is 0 Å². The van der Waals surface area contributed by atoms with Crippen molar-refractivity contribution in [1.29, 1.82) is 0 Å². The quantitative estimate of drug-likeness (QED) is 0.810. The molecule has 0 spiro atoms. The molecule has 3 nitrogen and oxygen atoms in total. The number of rotatable bonds is 1. The Morgan fingerprint density at radius 2 is 1.94 bits per heavy atom. The molecule has 4 heteroatoms. The molecule has 0 saturated carbocycles. The Balaban J connectivity index is 0.00000144. The Labute approximate surface area is 109 Å². The fourth-order valence-electron chi connectivity index (χ4n) is 2.05. The number of aliphatic hydroxyl groups excluding tert-OH is 1. The van der Waals surface area contributed by atoms with Crippen LogP contribution >= 0.6 is 12.4 Å². The smallest absolute Gasteiger partial charge is 0.125 e. The lowest BCUT2D eigenvalue weighted by atomic mass is 9.98. The van der Waals surface area contributed by atoms with Gasteiger partial charge in [0.1, 0.15) is 12.4 Å². The van der Waals surface area contributed by atoms with Crippen molar-refractivity contribution in [3.8, 4) is 5.75 Å². The van der Waals surface area contributed by atoms with Gasteiger partial charge >= 0.3 is 0 Å². The minimum absolute atomic E-state index is 0. The van der Waals surface area contributed by atoms with E-state index >= 15 is 0 Å². The zero-order valence-corrected chi connectivity index (χ0v) is 11.3. The number of nitrogens with one attached hydrogen (secondary N) is 1. The molecule has 0 unspecified atom stereocenters. The second-order valence-electron chi connectivity index (χ2n) is 4.52. The highest BCUT2D eigenvalue weighted by Crippen LogP contribution is 2.33. The number of ether oxygens (including phenoxy) is 1. The van der Waals surface area contributed by atoms with Crippen LogP contribution in [0.5, 0.6) is 5.75 Å². The molecule has 0 aliphatic carbocycles. The van der Waals surface area contributed by atoms with Crippen molar-refractivity contribution < 1.29 is 9.84 Å². The van der Waals surface area contributed by atoms with Gasteiger partial charge in [-0.25, -0.2) is 0 Å². The molecule has 0 aromatic heterocycles. The summed E-state index contributed by atoms with van der Waals surface area (Å²) in [4.78, 5) is 0. The zero-order valence-electron chi connectivity index (χ0n) is 10.5. The lowest BCUT2D eigenvalue weighted by Gasteiger charge is -2.14. The van der Waals surface area contributed by atoms with Crippen molar-refractivity contribution in [1.82, 2.24) is 5.32 Å². The van der Waals surface area contributed by atoms with E-state index in [-0.39, 0.29) is 18.4 Å². The van der Waals surface area contributed by atoms with Crippen LogP contribution in [0.15, 0.2) is 12.1 Å². The topological polar surface area (TPSA) is 41.5 Å². The number of benzene rings is 1. The van der Waals surface area contributed by atoms with E-state index < -0.39 is 6.10 Å². The first-order valence-corrected chi connectivity index (χ1v) is 5.71. The Kier molecular flexibility index (Phi) is 4.80. The van der Waals surface area contributed by atoms with Gasteiger partial charge in [-0.2, -0.15) is 0 Å². The van der Waals surface area contributed by atoms with Gasteiger partial charge in [0, 0.05) is 11.6 Å². The van der Waals surface area contributed by atoms with E-state index in [2.05, 4.69) is 19.2 Å². The number of likely N-dealkylation sites (N-methyl/N-ethyl adjacent to an activating group) is 1. The van der Waals surface area contributed by atoms with Crippen LogP contribution in [0.2, 0.25) is 0 Å². The summed E-state index contributed by atoms with van der Waals surface area (Å²) in [5.74, 6) is 0.827. The van der Waals surface area contributed by atoms with Crippen LogP contribution in [0, 0.1) is 13.8 Å². The summed E-state index contributed by atoms with van der Waals surface area (Å²) >= 11 is 0. The molecule has 0 bridgehead atoms. The molecule has 2 atom stereocenters. The van der Waals surface area contributed by atoms with Crippen LogP contribution in [-0.4, -0.2) is 24.8 Å². The van der Waals surface area contributed by atoms with Crippen LogP contribution in [0.25, 0.3) is 0 Å². The molecule has 17 heavy (non-hydrogen) atoms. The van der Waals surface area contributed by atoms with Gasteiger partial charge in [0.05, 0.1) is 6.10 Å². The van der Waals surface area contributed by atoms with Gasteiger partial charge < -0.3 is 15.2 Å². The van der Waals surface area contributed by atoms with E-state index in [0.29, 0.717) is 13.0 Å². The van der Waals surface area contributed by atoms with Gasteiger partial charge in [-0.3, -0.25) is 0 Å². The summed E-state index contributed by atoms with van der Waals surface area (Å²) < 4.78 is 5.74. The molecule has 1 aliphatic heterocycles. The van der Waals surface area contributed by atoms with E-state index in [1.807, 2.05) is 19.2 Å². The Morgan fingerprint density at radius 1 is 1.29 bits per heavy atom. The largest absolute Gasteiger partial charge is 0.492 e. The summed E-state index contributed by atoms with van der Waals surface area (Å²) in [5, 5.41) is 13.3. The van der Waals surface area contributed by atoms with Crippen molar-refractivity contribution >= 4 is 12.4 Å². The first-order valence-electron chi connectivity index (χ1n) is 5.71. The Bertz CT molecular complexity index is 395. The summed E-state index contributed by atoms with van der Waals surface area (Å²) in [6, 6.07) is 4.27. The number of aryl methyl sites for hydroxylation is 2. The van der Waals surface area contributed by atoms with E-state index in [0.717, 1.165) is 11.3 Å². The first-order chi connectivity index (χ1) is 7.61. The third kappa shape index (κ3) is 2.92. The number of hydrogen-bond donors (Lipinski definition) is 2. The summed E-state index contributed by atoms with van der Waals surface area (Å²) in [5.41, 5.74) is 3.32. The van der Waals surface area contributed by atoms with Crippen molar-refractivity contribution in [2.24, 2.45) is 0 Å². The van der Waals surface area contributed by atoms with Crippen molar-refractivity contribution in [3.63, 3.8) is 0 Å². The molecule has 1 aliphatic rings.